The lowest BCUT2D eigenvalue weighted by molar-refractivity contribution is 0.426. The van der Waals surface area contributed by atoms with E-state index in [0.29, 0.717) is 18.8 Å². The molecule has 0 aliphatic rings. The molecule has 5 nitrogen and oxygen atoms in total. The number of nitrogens with two attached hydrogens (primary N) is 1. The molecule has 3 aromatic heterocycles. The van der Waals surface area contributed by atoms with Crippen molar-refractivity contribution in [3.05, 3.63) is 43.4 Å². The zero-order valence-corrected chi connectivity index (χ0v) is 16.1. The number of nitrogens with zero attached hydrogens (tertiary/aromatic N) is 3. The number of hydrogen-bond donors (Lipinski definition) is 2. The number of rotatable bonds is 6. The van der Waals surface area contributed by atoms with Crippen LogP contribution in [0, 0.1) is 6.92 Å². The van der Waals surface area contributed by atoms with Gasteiger partial charge in [-0.1, -0.05) is 6.07 Å². The maximum atomic E-state index is 12.8. The predicted molar refractivity (Wildman–Crippen MR) is 99.7 cm³/mol. The largest absolute Gasteiger partial charge is 0.363 e. The Kier molecular flexibility index (Phi) is 5.39. The summed E-state index contributed by atoms with van der Waals surface area (Å²) in [7, 11) is 0. The highest BCUT2D eigenvalue weighted by Crippen LogP contribution is 2.32. The van der Waals surface area contributed by atoms with Gasteiger partial charge in [0, 0.05) is 10.9 Å². The van der Waals surface area contributed by atoms with E-state index in [2.05, 4.69) is 31.3 Å². The number of thiophene rings is 1. The van der Waals surface area contributed by atoms with Gasteiger partial charge in [0.1, 0.15) is 16.8 Å². The molecule has 0 saturated carbocycles. The van der Waals surface area contributed by atoms with Crippen molar-refractivity contribution < 1.29 is 4.39 Å². The highest BCUT2D eigenvalue weighted by Gasteiger charge is 2.21. The van der Waals surface area contributed by atoms with E-state index in [1.807, 2.05) is 24.4 Å². The van der Waals surface area contributed by atoms with Crippen molar-refractivity contribution >= 4 is 50.2 Å². The number of halogens is 3. The molecule has 128 valence electrons. The van der Waals surface area contributed by atoms with Gasteiger partial charge in [-0.05, 0) is 63.4 Å². The number of alkyl halides is 1. The Labute approximate surface area is 156 Å². The maximum Gasteiger partial charge on any atom is 0.243 e. The highest BCUT2D eigenvalue weighted by molar-refractivity contribution is 9.10. The van der Waals surface area contributed by atoms with Crippen molar-refractivity contribution in [3.8, 4) is 0 Å². The van der Waals surface area contributed by atoms with Gasteiger partial charge in [-0.3, -0.25) is 0 Å². The molecular formula is C15H16BrClFN5S. The zero-order valence-electron chi connectivity index (χ0n) is 12.9. The molecule has 0 aliphatic carbocycles. The molecule has 3 rings (SSSR count). The van der Waals surface area contributed by atoms with Crippen LogP contribution in [0.25, 0.3) is 5.52 Å². The van der Waals surface area contributed by atoms with Crippen molar-refractivity contribution in [2.45, 2.75) is 25.9 Å². The molecule has 0 aliphatic heterocycles. The summed E-state index contributed by atoms with van der Waals surface area (Å²) in [5.41, 5.74) is 8.45. The van der Waals surface area contributed by atoms with E-state index in [9.17, 15) is 4.39 Å². The van der Waals surface area contributed by atoms with Gasteiger partial charge in [-0.2, -0.15) is 4.98 Å². The fourth-order valence-electron chi connectivity index (χ4n) is 2.57. The molecule has 0 fully saturated rings. The minimum Gasteiger partial charge on any atom is -0.363 e. The van der Waals surface area contributed by atoms with E-state index in [1.165, 1.54) is 4.88 Å². The Balaban J connectivity index is 2.03. The lowest BCUT2D eigenvalue weighted by atomic mass is 10.1. The molecule has 1 atom stereocenters. The monoisotopic (exact) mass is 431 g/mol. The number of nitrogens with one attached hydrogen (secondary N) is 1. The van der Waals surface area contributed by atoms with Crippen molar-refractivity contribution in [2.24, 2.45) is 5.73 Å². The van der Waals surface area contributed by atoms with Gasteiger partial charge in [0.25, 0.3) is 0 Å². The predicted octanol–water partition coefficient (Wildman–Crippen LogP) is 3.97. The minimum absolute atomic E-state index is 0.133. The Morgan fingerprint density at radius 2 is 2.33 bits per heavy atom. The second-order valence-corrected chi connectivity index (χ2v) is 7.56. The molecule has 0 spiro atoms. The molecule has 0 aromatic carbocycles. The first-order valence-electron chi connectivity index (χ1n) is 7.32. The number of aryl methyl sites for hydroxylation is 1. The fraction of sp³-hybridized carbons (Fsp3) is 0.333. The van der Waals surface area contributed by atoms with Gasteiger partial charge in [0.05, 0.1) is 6.54 Å². The van der Waals surface area contributed by atoms with Crippen LogP contribution in [0.2, 0.25) is 5.28 Å². The Bertz CT molecular complexity index is 852. The van der Waals surface area contributed by atoms with Crippen LogP contribution in [0.5, 0.6) is 0 Å². The normalized spacial score (nSPS) is 12.7. The Morgan fingerprint density at radius 1 is 1.54 bits per heavy atom. The average molecular weight is 433 g/mol. The summed E-state index contributed by atoms with van der Waals surface area (Å²) in [6.45, 7) is 2.02. The van der Waals surface area contributed by atoms with Crippen molar-refractivity contribution in [1.29, 1.82) is 0 Å². The van der Waals surface area contributed by atoms with Crippen LogP contribution in [0.3, 0.4) is 0 Å². The lowest BCUT2D eigenvalue weighted by Crippen LogP contribution is -2.25. The van der Waals surface area contributed by atoms with Crippen LogP contribution >= 0.6 is 38.9 Å². The molecule has 0 bridgehead atoms. The van der Waals surface area contributed by atoms with Crippen LogP contribution < -0.4 is 11.1 Å². The SMILES string of the molecule is Cc1c(C[C@@H](N)CF)c(Br)n2nc(Cl)nc(NCc3cccs3)c12. The van der Waals surface area contributed by atoms with Gasteiger partial charge in [0.2, 0.25) is 5.28 Å². The molecule has 0 saturated heterocycles. The lowest BCUT2D eigenvalue weighted by Gasteiger charge is -2.08. The van der Waals surface area contributed by atoms with Gasteiger partial charge < -0.3 is 11.1 Å². The van der Waals surface area contributed by atoms with Crippen LogP contribution in [-0.2, 0) is 13.0 Å². The third kappa shape index (κ3) is 3.42. The molecule has 0 radical (unpaired) electrons. The topological polar surface area (TPSA) is 68.2 Å². The third-order valence-electron chi connectivity index (χ3n) is 3.74. The molecule has 0 amide bonds. The number of hydrogen-bond acceptors (Lipinski definition) is 5. The first-order chi connectivity index (χ1) is 11.5. The average Bonchev–Trinajstić information content (AvgIpc) is 3.16. The molecule has 9 heteroatoms. The standard InChI is InChI=1S/C15H16BrClFN5S/c1-8-11(5-9(19)6-18)13(16)23-12(8)14(21-15(17)22-23)20-7-10-3-2-4-24-10/h2-4,9H,5-7,19H2,1H3,(H,20,21,22)/t9-/m1/s1. The second-order valence-electron chi connectivity index (χ2n) is 5.44. The van der Waals surface area contributed by atoms with Crippen molar-refractivity contribution in [2.75, 3.05) is 12.0 Å². The van der Waals surface area contributed by atoms with Crippen LogP contribution in [0.1, 0.15) is 16.0 Å². The van der Waals surface area contributed by atoms with E-state index in [1.54, 1.807) is 15.9 Å². The minimum atomic E-state index is -0.575. The number of anilines is 1. The first kappa shape index (κ1) is 17.6. The fourth-order valence-corrected chi connectivity index (χ4v) is 4.09. The summed E-state index contributed by atoms with van der Waals surface area (Å²) >= 11 is 11.3. The molecule has 3 N–H and O–H groups in total. The van der Waals surface area contributed by atoms with E-state index < -0.39 is 12.7 Å². The zero-order chi connectivity index (χ0) is 17.3. The Hall–Kier alpha value is -1.22. The molecule has 24 heavy (non-hydrogen) atoms. The smallest absolute Gasteiger partial charge is 0.243 e. The van der Waals surface area contributed by atoms with E-state index in [0.717, 1.165) is 21.2 Å². The number of fused-ring (bicyclic) bond motifs is 1. The van der Waals surface area contributed by atoms with Gasteiger partial charge in [-0.15, -0.1) is 16.4 Å². The molecular weight excluding hydrogens is 417 g/mol. The summed E-state index contributed by atoms with van der Waals surface area (Å²) in [5, 5.41) is 9.71. The van der Waals surface area contributed by atoms with Crippen LogP contribution in [0.15, 0.2) is 22.1 Å². The highest BCUT2D eigenvalue weighted by atomic mass is 79.9. The summed E-state index contributed by atoms with van der Waals surface area (Å²) < 4.78 is 15.2. The van der Waals surface area contributed by atoms with Crippen molar-refractivity contribution in [1.82, 2.24) is 14.6 Å². The number of aromatic nitrogens is 3. The summed E-state index contributed by atoms with van der Waals surface area (Å²) in [6.07, 6.45) is 0.411. The quantitative estimate of drug-likeness (QED) is 0.618. The van der Waals surface area contributed by atoms with Crippen LogP contribution in [0.4, 0.5) is 10.2 Å². The van der Waals surface area contributed by atoms with Crippen molar-refractivity contribution in [3.63, 3.8) is 0 Å². The van der Waals surface area contributed by atoms with Crippen LogP contribution in [-0.4, -0.2) is 27.3 Å². The summed E-state index contributed by atoms with van der Waals surface area (Å²) in [6, 6.07) is 3.49. The molecule has 3 heterocycles. The summed E-state index contributed by atoms with van der Waals surface area (Å²) in [5.74, 6) is 0.640. The first-order valence-corrected chi connectivity index (χ1v) is 9.37. The molecule has 0 unspecified atom stereocenters. The van der Waals surface area contributed by atoms with Gasteiger partial charge in [-0.25, -0.2) is 8.91 Å². The van der Waals surface area contributed by atoms with E-state index >= 15 is 0 Å². The van der Waals surface area contributed by atoms with E-state index in [4.69, 9.17) is 17.3 Å². The molecule has 3 aromatic rings. The third-order valence-corrected chi connectivity index (χ3v) is 5.59. The van der Waals surface area contributed by atoms with E-state index in [-0.39, 0.29) is 5.28 Å². The summed E-state index contributed by atoms with van der Waals surface area (Å²) in [4.78, 5) is 5.50. The van der Waals surface area contributed by atoms with Gasteiger partial charge in [0.15, 0.2) is 5.82 Å². The maximum absolute atomic E-state index is 12.8. The second kappa shape index (κ2) is 7.35. The van der Waals surface area contributed by atoms with Gasteiger partial charge >= 0.3 is 0 Å². The Morgan fingerprint density at radius 3 is 3.00 bits per heavy atom.